The van der Waals surface area contributed by atoms with E-state index in [0.29, 0.717) is 6.04 Å². The van der Waals surface area contributed by atoms with Gasteiger partial charge in [-0.25, -0.2) is 0 Å². The lowest BCUT2D eigenvalue weighted by Crippen LogP contribution is -2.38. The Morgan fingerprint density at radius 2 is 2.04 bits per heavy atom. The summed E-state index contributed by atoms with van der Waals surface area (Å²) in [5.41, 5.74) is 2.09. The maximum absolute atomic E-state index is 13.1. The maximum Gasteiger partial charge on any atom is 0.270 e. The minimum Gasteiger partial charge on any atom is -0.340 e. The van der Waals surface area contributed by atoms with Gasteiger partial charge in [0.2, 0.25) is 0 Å². The predicted octanol–water partition coefficient (Wildman–Crippen LogP) is 4.68. The molecule has 1 aromatic heterocycles. The zero-order valence-corrected chi connectivity index (χ0v) is 15.3. The molecule has 1 aliphatic heterocycles. The smallest absolute Gasteiger partial charge is 0.270 e. The molecule has 0 aliphatic carbocycles. The molecular weight excluding hydrogens is 352 g/mol. The molecule has 23 heavy (non-hydrogen) atoms. The molecule has 122 valence electrons. The van der Waals surface area contributed by atoms with Crippen molar-refractivity contribution >= 4 is 21.8 Å². The third kappa shape index (κ3) is 3.52. The van der Waals surface area contributed by atoms with E-state index in [-0.39, 0.29) is 11.9 Å². The van der Waals surface area contributed by atoms with Crippen LogP contribution in [0.2, 0.25) is 0 Å². The van der Waals surface area contributed by atoms with Gasteiger partial charge < -0.3 is 9.47 Å². The zero-order valence-electron chi connectivity index (χ0n) is 13.7. The molecule has 0 bridgehead atoms. The van der Waals surface area contributed by atoms with Crippen LogP contribution in [-0.4, -0.2) is 28.0 Å². The predicted molar refractivity (Wildman–Crippen MR) is 96.7 cm³/mol. The van der Waals surface area contributed by atoms with E-state index in [1.807, 2.05) is 18.3 Å². The first-order valence-corrected chi connectivity index (χ1v) is 9.08. The fourth-order valence-corrected chi connectivity index (χ4v) is 3.83. The lowest BCUT2D eigenvalue weighted by molar-refractivity contribution is 0.0724. The van der Waals surface area contributed by atoms with Gasteiger partial charge in [-0.3, -0.25) is 4.79 Å². The molecule has 4 heteroatoms. The Morgan fingerprint density at radius 3 is 2.74 bits per heavy atom. The van der Waals surface area contributed by atoms with Crippen LogP contribution < -0.4 is 0 Å². The first-order chi connectivity index (χ1) is 11.1. The average Bonchev–Trinajstić information content (AvgIpc) is 3.14. The fraction of sp³-hybridized carbons (Fsp3) is 0.421. The Kier molecular flexibility index (Phi) is 4.90. The van der Waals surface area contributed by atoms with Gasteiger partial charge in [0.25, 0.3) is 5.91 Å². The Hall–Kier alpha value is -1.55. The number of likely N-dealkylation sites (tertiary alicyclic amines) is 1. The van der Waals surface area contributed by atoms with Gasteiger partial charge in [-0.15, -0.1) is 0 Å². The minimum absolute atomic E-state index is 0.155. The highest BCUT2D eigenvalue weighted by molar-refractivity contribution is 9.10. The van der Waals surface area contributed by atoms with Gasteiger partial charge in [-0.1, -0.05) is 30.3 Å². The average molecular weight is 375 g/mol. The van der Waals surface area contributed by atoms with Crippen LogP contribution in [0.3, 0.4) is 0 Å². The summed E-state index contributed by atoms with van der Waals surface area (Å²) in [6.45, 7) is 5.07. The van der Waals surface area contributed by atoms with E-state index in [2.05, 4.69) is 63.5 Å². The van der Waals surface area contributed by atoms with Crippen LogP contribution >= 0.6 is 15.9 Å². The van der Waals surface area contributed by atoms with E-state index in [1.165, 1.54) is 5.56 Å². The number of rotatable bonds is 4. The second-order valence-electron chi connectivity index (χ2n) is 6.53. The second kappa shape index (κ2) is 6.91. The summed E-state index contributed by atoms with van der Waals surface area (Å²) >= 11 is 3.51. The van der Waals surface area contributed by atoms with Gasteiger partial charge in [-0.05, 0) is 60.7 Å². The molecule has 1 saturated heterocycles. The van der Waals surface area contributed by atoms with Crippen molar-refractivity contribution in [3.63, 3.8) is 0 Å². The molecule has 2 aromatic rings. The molecular formula is C19H23BrN2O. The summed E-state index contributed by atoms with van der Waals surface area (Å²) in [7, 11) is 0. The topological polar surface area (TPSA) is 25.2 Å². The number of halogens is 1. The summed E-state index contributed by atoms with van der Waals surface area (Å²) in [5.74, 6) is 0.155. The van der Waals surface area contributed by atoms with Gasteiger partial charge in [0.1, 0.15) is 5.69 Å². The lowest BCUT2D eigenvalue weighted by atomic mass is 10.0. The number of hydrogen-bond donors (Lipinski definition) is 0. The van der Waals surface area contributed by atoms with Crippen molar-refractivity contribution in [2.75, 3.05) is 6.54 Å². The lowest BCUT2D eigenvalue weighted by Gasteiger charge is -2.26. The fourth-order valence-electron chi connectivity index (χ4n) is 3.39. The number of aromatic nitrogens is 1. The Bertz CT molecular complexity index is 678. The van der Waals surface area contributed by atoms with Crippen LogP contribution in [-0.2, 0) is 6.42 Å². The summed E-state index contributed by atoms with van der Waals surface area (Å²) < 4.78 is 3.03. The van der Waals surface area contributed by atoms with E-state index in [1.54, 1.807) is 0 Å². The molecule has 1 aromatic carbocycles. The highest BCUT2D eigenvalue weighted by Crippen LogP contribution is 2.26. The molecule has 3 rings (SSSR count). The number of carbonyl (C=O) groups excluding carboxylic acids is 1. The normalized spacial score (nSPS) is 17.9. The number of benzene rings is 1. The molecule has 0 N–H and O–H groups in total. The second-order valence-corrected chi connectivity index (χ2v) is 7.44. The Labute approximate surface area is 146 Å². The van der Waals surface area contributed by atoms with Crippen LogP contribution in [0.4, 0.5) is 0 Å². The highest BCUT2D eigenvalue weighted by Gasteiger charge is 2.31. The molecule has 3 nitrogen and oxygen atoms in total. The first-order valence-electron chi connectivity index (χ1n) is 8.28. The summed E-state index contributed by atoms with van der Waals surface area (Å²) in [5, 5.41) is 0. The molecule has 0 radical (unpaired) electrons. The number of hydrogen-bond acceptors (Lipinski definition) is 1. The molecule has 1 unspecified atom stereocenters. The molecule has 1 fully saturated rings. The number of carbonyl (C=O) groups is 1. The first kappa shape index (κ1) is 16.3. The van der Waals surface area contributed by atoms with Crippen molar-refractivity contribution in [1.82, 2.24) is 9.47 Å². The molecule has 2 heterocycles. The number of nitrogens with zero attached hydrogens (tertiary/aromatic N) is 2. The van der Waals surface area contributed by atoms with Gasteiger partial charge in [0.05, 0.1) is 0 Å². The van der Waals surface area contributed by atoms with E-state index in [4.69, 9.17) is 0 Å². The van der Waals surface area contributed by atoms with Crippen LogP contribution in [0.5, 0.6) is 0 Å². The maximum atomic E-state index is 13.1. The SMILES string of the molecule is CC(C)n1cc(Br)cc1C(=O)N1CCCC1Cc1ccccc1. The van der Waals surface area contributed by atoms with Gasteiger partial charge in [0.15, 0.2) is 0 Å². The molecule has 1 amide bonds. The van der Waals surface area contributed by atoms with Crippen molar-refractivity contribution < 1.29 is 4.79 Å². The van der Waals surface area contributed by atoms with Crippen molar-refractivity contribution in [3.05, 3.63) is 58.3 Å². The van der Waals surface area contributed by atoms with Gasteiger partial charge >= 0.3 is 0 Å². The van der Waals surface area contributed by atoms with E-state index in [0.717, 1.165) is 36.0 Å². The van der Waals surface area contributed by atoms with Gasteiger partial charge in [-0.2, -0.15) is 0 Å². The van der Waals surface area contributed by atoms with Crippen LogP contribution in [0.25, 0.3) is 0 Å². The van der Waals surface area contributed by atoms with E-state index >= 15 is 0 Å². The monoisotopic (exact) mass is 374 g/mol. The van der Waals surface area contributed by atoms with E-state index < -0.39 is 0 Å². The highest BCUT2D eigenvalue weighted by atomic mass is 79.9. The standard InChI is InChI=1S/C19H23BrN2O/c1-14(2)22-13-16(20)12-18(22)19(23)21-10-6-9-17(21)11-15-7-4-3-5-8-15/h3-5,7-8,12-14,17H,6,9-11H2,1-2H3. The molecule has 1 aliphatic rings. The molecule has 0 saturated carbocycles. The summed E-state index contributed by atoms with van der Waals surface area (Å²) in [6.07, 6.45) is 5.12. The Morgan fingerprint density at radius 1 is 1.30 bits per heavy atom. The quantitative estimate of drug-likeness (QED) is 0.762. The summed E-state index contributed by atoms with van der Waals surface area (Å²) in [6, 6.07) is 13.0. The van der Waals surface area contributed by atoms with E-state index in [9.17, 15) is 4.79 Å². The van der Waals surface area contributed by atoms with Crippen molar-refractivity contribution in [1.29, 1.82) is 0 Å². The third-order valence-corrected chi connectivity index (χ3v) is 4.98. The largest absolute Gasteiger partial charge is 0.340 e. The van der Waals surface area contributed by atoms with Gasteiger partial charge in [0, 0.05) is 29.3 Å². The zero-order chi connectivity index (χ0) is 16.4. The van der Waals surface area contributed by atoms with Crippen LogP contribution in [0.15, 0.2) is 47.1 Å². The van der Waals surface area contributed by atoms with Crippen LogP contribution in [0, 0.1) is 0 Å². The Balaban J connectivity index is 1.81. The van der Waals surface area contributed by atoms with Crippen molar-refractivity contribution in [2.24, 2.45) is 0 Å². The van der Waals surface area contributed by atoms with Crippen LogP contribution in [0.1, 0.15) is 48.8 Å². The summed E-state index contributed by atoms with van der Waals surface area (Å²) in [4.78, 5) is 15.1. The molecule has 1 atom stereocenters. The minimum atomic E-state index is 0.155. The number of amides is 1. The third-order valence-electron chi connectivity index (χ3n) is 4.54. The molecule has 0 spiro atoms. The van der Waals surface area contributed by atoms with Crippen molar-refractivity contribution in [2.45, 2.75) is 45.2 Å². The van der Waals surface area contributed by atoms with Crippen molar-refractivity contribution in [3.8, 4) is 0 Å².